The average molecular weight is 250 g/mol. The summed E-state index contributed by atoms with van der Waals surface area (Å²) in [6.45, 7) is 5.74. The number of benzene rings is 1. The average Bonchev–Trinajstić information content (AvgIpc) is 2.26. The molecule has 4 N–H and O–H groups in total. The van der Waals surface area contributed by atoms with Crippen LogP contribution in [-0.2, 0) is 0 Å². The molecule has 0 unspecified atom stereocenters. The predicted molar refractivity (Wildman–Crippen MR) is 66.9 cm³/mol. The van der Waals surface area contributed by atoms with E-state index in [-0.39, 0.29) is 5.56 Å². The van der Waals surface area contributed by atoms with Crippen LogP contribution >= 0.6 is 0 Å². The van der Waals surface area contributed by atoms with E-state index in [1.54, 1.807) is 6.92 Å². The van der Waals surface area contributed by atoms with Crippen molar-refractivity contribution in [3.63, 3.8) is 0 Å². The van der Waals surface area contributed by atoms with Crippen LogP contribution in [0.3, 0.4) is 0 Å². The highest BCUT2D eigenvalue weighted by molar-refractivity contribution is 5.93. The summed E-state index contributed by atoms with van der Waals surface area (Å²) in [5.41, 5.74) is 0.883. The van der Waals surface area contributed by atoms with Crippen LogP contribution in [0.5, 0.6) is 5.75 Å². The van der Waals surface area contributed by atoms with Gasteiger partial charge < -0.3 is 20.8 Å². The van der Waals surface area contributed by atoms with Crippen LogP contribution in [0, 0.1) is 0 Å². The second-order valence-corrected chi connectivity index (χ2v) is 3.80. The molecule has 0 fully saturated rings. The topological polar surface area (TPSA) is 98.7 Å². The van der Waals surface area contributed by atoms with Crippen LogP contribution in [0.25, 0.3) is 0 Å². The molecule has 0 bridgehead atoms. The van der Waals surface area contributed by atoms with E-state index in [1.807, 2.05) is 0 Å². The summed E-state index contributed by atoms with van der Waals surface area (Å²) in [6.07, 6.45) is 0. The van der Waals surface area contributed by atoms with Crippen molar-refractivity contribution in [2.75, 3.05) is 11.9 Å². The zero-order chi connectivity index (χ0) is 13.7. The molecule has 1 rings (SSSR count). The van der Waals surface area contributed by atoms with Gasteiger partial charge in [-0.1, -0.05) is 12.2 Å². The van der Waals surface area contributed by atoms with Gasteiger partial charge in [0.15, 0.2) is 0 Å². The van der Waals surface area contributed by atoms with Crippen LogP contribution in [0.2, 0.25) is 0 Å². The molecule has 96 valence electrons. The Labute approximate surface area is 104 Å². The fraction of sp³-hybridized carbons (Fsp3) is 0.167. The number of phenols is 1. The largest absolute Gasteiger partial charge is 0.507 e. The molecule has 6 nitrogen and oxygen atoms in total. The number of carbonyl (C=O) groups excluding carboxylic acids is 1. The standard InChI is InChI=1S/C12H14N2O4/c1-7(2)6-13-12(18)14-8-3-4-9(11(16)17)10(15)5-8/h3-5,15H,1,6H2,2H3,(H,16,17)(H2,13,14,18). The predicted octanol–water partition coefficient (Wildman–Crippen LogP) is 1.79. The lowest BCUT2D eigenvalue weighted by atomic mass is 10.2. The highest BCUT2D eigenvalue weighted by atomic mass is 16.4. The summed E-state index contributed by atoms with van der Waals surface area (Å²) >= 11 is 0. The number of rotatable bonds is 4. The summed E-state index contributed by atoms with van der Waals surface area (Å²) in [5, 5.41) is 23.1. The van der Waals surface area contributed by atoms with Gasteiger partial charge in [-0.25, -0.2) is 9.59 Å². The van der Waals surface area contributed by atoms with Crippen molar-refractivity contribution in [1.29, 1.82) is 0 Å². The number of amides is 2. The fourth-order valence-electron chi connectivity index (χ4n) is 1.20. The van der Waals surface area contributed by atoms with E-state index >= 15 is 0 Å². The molecule has 0 heterocycles. The monoisotopic (exact) mass is 250 g/mol. The lowest BCUT2D eigenvalue weighted by molar-refractivity contribution is 0.0694. The number of aromatic carboxylic acids is 1. The van der Waals surface area contributed by atoms with Crippen molar-refractivity contribution in [1.82, 2.24) is 5.32 Å². The third-order valence-corrected chi connectivity index (χ3v) is 2.04. The number of carboxylic acid groups (broad SMARTS) is 1. The van der Waals surface area contributed by atoms with E-state index in [1.165, 1.54) is 18.2 Å². The summed E-state index contributed by atoms with van der Waals surface area (Å²) in [5.74, 6) is -1.63. The molecule has 18 heavy (non-hydrogen) atoms. The third-order valence-electron chi connectivity index (χ3n) is 2.04. The van der Waals surface area contributed by atoms with E-state index in [0.29, 0.717) is 12.2 Å². The highest BCUT2D eigenvalue weighted by Gasteiger charge is 2.10. The molecule has 1 aromatic carbocycles. The molecule has 0 radical (unpaired) electrons. The summed E-state index contributed by atoms with van der Waals surface area (Å²) < 4.78 is 0. The van der Waals surface area contributed by atoms with Gasteiger partial charge in [0.2, 0.25) is 0 Å². The van der Waals surface area contributed by atoms with Crippen molar-refractivity contribution in [2.45, 2.75) is 6.92 Å². The van der Waals surface area contributed by atoms with Crippen LogP contribution in [0.15, 0.2) is 30.4 Å². The molecular weight excluding hydrogens is 236 g/mol. The molecule has 0 saturated carbocycles. The van der Waals surface area contributed by atoms with E-state index in [0.717, 1.165) is 5.57 Å². The normalized spacial score (nSPS) is 9.61. The van der Waals surface area contributed by atoms with Crippen LogP contribution in [-0.4, -0.2) is 28.8 Å². The molecule has 0 aromatic heterocycles. The first-order valence-electron chi connectivity index (χ1n) is 5.15. The van der Waals surface area contributed by atoms with Gasteiger partial charge >= 0.3 is 12.0 Å². The Morgan fingerprint density at radius 2 is 2.06 bits per heavy atom. The van der Waals surface area contributed by atoms with E-state index in [4.69, 9.17) is 5.11 Å². The number of anilines is 1. The van der Waals surface area contributed by atoms with Gasteiger partial charge in [0.05, 0.1) is 0 Å². The quantitative estimate of drug-likeness (QED) is 0.612. The van der Waals surface area contributed by atoms with Gasteiger partial charge in [-0.3, -0.25) is 0 Å². The number of hydrogen-bond donors (Lipinski definition) is 4. The molecule has 0 spiro atoms. The molecule has 0 aliphatic heterocycles. The Balaban J connectivity index is 2.69. The van der Waals surface area contributed by atoms with Gasteiger partial charge in [-0.2, -0.15) is 0 Å². The van der Waals surface area contributed by atoms with Crippen LogP contribution in [0.1, 0.15) is 17.3 Å². The second-order valence-electron chi connectivity index (χ2n) is 3.80. The van der Waals surface area contributed by atoms with E-state index < -0.39 is 17.7 Å². The van der Waals surface area contributed by atoms with Crippen molar-refractivity contribution >= 4 is 17.7 Å². The van der Waals surface area contributed by atoms with Gasteiger partial charge in [0.25, 0.3) is 0 Å². The number of hydrogen-bond acceptors (Lipinski definition) is 3. The van der Waals surface area contributed by atoms with E-state index in [9.17, 15) is 14.7 Å². The van der Waals surface area contributed by atoms with Gasteiger partial charge in [0.1, 0.15) is 11.3 Å². The lowest BCUT2D eigenvalue weighted by Crippen LogP contribution is -2.29. The zero-order valence-electron chi connectivity index (χ0n) is 9.86. The number of carboxylic acids is 1. The molecule has 6 heteroatoms. The minimum Gasteiger partial charge on any atom is -0.507 e. The fourth-order valence-corrected chi connectivity index (χ4v) is 1.20. The lowest BCUT2D eigenvalue weighted by Gasteiger charge is -2.08. The maximum Gasteiger partial charge on any atom is 0.339 e. The summed E-state index contributed by atoms with van der Waals surface area (Å²) in [4.78, 5) is 22.0. The zero-order valence-corrected chi connectivity index (χ0v) is 9.86. The first-order chi connectivity index (χ1) is 8.40. The van der Waals surface area contributed by atoms with Gasteiger partial charge in [-0.05, 0) is 19.1 Å². The number of carbonyl (C=O) groups is 2. The third kappa shape index (κ3) is 3.82. The Kier molecular flexibility index (Phi) is 4.31. The Morgan fingerprint density at radius 1 is 1.39 bits per heavy atom. The van der Waals surface area contributed by atoms with Gasteiger partial charge in [0, 0.05) is 18.3 Å². The minimum absolute atomic E-state index is 0.220. The van der Waals surface area contributed by atoms with Crippen LogP contribution < -0.4 is 10.6 Å². The molecular formula is C12H14N2O4. The molecule has 0 aliphatic carbocycles. The van der Waals surface area contributed by atoms with Crippen molar-refractivity contribution in [3.8, 4) is 5.75 Å². The molecule has 0 aliphatic rings. The SMILES string of the molecule is C=C(C)CNC(=O)Nc1ccc(C(=O)O)c(O)c1. The van der Waals surface area contributed by atoms with Crippen molar-refractivity contribution in [2.24, 2.45) is 0 Å². The Bertz CT molecular complexity index is 497. The number of urea groups is 1. The highest BCUT2D eigenvalue weighted by Crippen LogP contribution is 2.21. The molecule has 1 aromatic rings. The maximum atomic E-state index is 11.4. The number of aromatic hydroxyl groups is 1. The molecule has 2 amide bonds. The van der Waals surface area contributed by atoms with Crippen molar-refractivity contribution in [3.05, 3.63) is 35.9 Å². The van der Waals surface area contributed by atoms with E-state index in [2.05, 4.69) is 17.2 Å². The maximum absolute atomic E-state index is 11.4. The number of nitrogens with one attached hydrogen (secondary N) is 2. The Hall–Kier alpha value is -2.50. The summed E-state index contributed by atoms with van der Waals surface area (Å²) in [6, 6.07) is 3.32. The molecule has 0 saturated heterocycles. The van der Waals surface area contributed by atoms with Gasteiger partial charge in [-0.15, -0.1) is 0 Å². The van der Waals surface area contributed by atoms with Crippen LogP contribution in [0.4, 0.5) is 10.5 Å². The smallest absolute Gasteiger partial charge is 0.339 e. The first kappa shape index (κ1) is 13.6. The Morgan fingerprint density at radius 3 is 2.56 bits per heavy atom. The molecule has 0 atom stereocenters. The second kappa shape index (κ2) is 5.72. The summed E-state index contributed by atoms with van der Waals surface area (Å²) in [7, 11) is 0. The first-order valence-corrected chi connectivity index (χ1v) is 5.15. The minimum atomic E-state index is -1.23. The van der Waals surface area contributed by atoms with Crippen molar-refractivity contribution < 1.29 is 19.8 Å².